The molecule has 2 heterocycles. The Morgan fingerprint density at radius 2 is 1.83 bits per heavy atom. The van der Waals surface area contributed by atoms with E-state index in [0.29, 0.717) is 35.4 Å². The maximum absolute atomic E-state index is 13.2. The fraction of sp³-hybridized carbons (Fsp3) is 0.579. The molecule has 0 saturated heterocycles. The van der Waals surface area contributed by atoms with E-state index in [1.54, 1.807) is 31.9 Å². The fourth-order valence-corrected chi connectivity index (χ4v) is 6.33. The summed E-state index contributed by atoms with van der Waals surface area (Å²) in [6.45, 7) is 8.65. The summed E-state index contributed by atoms with van der Waals surface area (Å²) in [4.78, 5) is 15.4. The molecule has 162 valence electrons. The van der Waals surface area contributed by atoms with Crippen LogP contribution in [0.15, 0.2) is 17.0 Å². The van der Waals surface area contributed by atoms with Crippen LogP contribution < -0.4 is 0 Å². The molecule has 2 aromatic rings. The van der Waals surface area contributed by atoms with Crippen molar-refractivity contribution in [2.75, 3.05) is 20.1 Å². The quantitative estimate of drug-likeness (QED) is 0.542. The van der Waals surface area contributed by atoms with Crippen molar-refractivity contribution in [2.45, 2.75) is 58.5 Å². The Bertz CT molecular complexity index is 947. The highest BCUT2D eigenvalue weighted by Crippen LogP contribution is 2.25. The van der Waals surface area contributed by atoms with E-state index in [1.165, 1.54) is 20.3 Å². The summed E-state index contributed by atoms with van der Waals surface area (Å²) >= 11 is 7.38. The zero-order valence-corrected chi connectivity index (χ0v) is 20.0. The number of halogens is 1. The SMILES string of the molecule is CCCN(CCC)S(=O)(=O)c1c(C)nn(CC(=O)N(C)Cc2ccc(Cl)s2)c1C. The number of nitrogens with zero attached hydrogens (tertiary/aromatic N) is 4. The van der Waals surface area contributed by atoms with E-state index in [4.69, 9.17) is 11.6 Å². The highest BCUT2D eigenvalue weighted by Gasteiger charge is 2.30. The molecule has 1 amide bonds. The number of likely N-dealkylation sites (N-methyl/N-ethyl adjacent to an activating group) is 1. The lowest BCUT2D eigenvalue weighted by Gasteiger charge is -2.21. The Balaban J connectivity index is 2.22. The minimum absolute atomic E-state index is 0.0145. The molecule has 0 radical (unpaired) electrons. The first-order valence-electron chi connectivity index (χ1n) is 9.64. The summed E-state index contributed by atoms with van der Waals surface area (Å²) in [5.41, 5.74) is 0.904. The lowest BCUT2D eigenvalue weighted by Crippen LogP contribution is -2.33. The zero-order chi connectivity index (χ0) is 21.8. The van der Waals surface area contributed by atoms with Gasteiger partial charge in [-0.1, -0.05) is 25.4 Å². The predicted molar refractivity (Wildman–Crippen MR) is 117 cm³/mol. The number of hydrogen-bond donors (Lipinski definition) is 0. The van der Waals surface area contributed by atoms with Crippen LogP contribution in [-0.2, 0) is 27.9 Å². The van der Waals surface area contributed by atoms with Crippen LogP contribution in [0, 0.1) is 13.8 Å². The van der Waals surface area contributed by atoms with Crippen LogP contribution in [0.25, 0.3) is 0 Å². The molecule has 0 fully saturated rings. The molecule has 10 heteroatoms. The molecule has 0 unspecified atom stereocenters. The van der Waals surface area contributed by atoms with Gasteiger partial charge >= 0.3 is 0 Å². The molecule has 0 atom stereocenters. The zero-order valence-electron chi connectivity index (χ0n) is 17.6. The van der Waals surface area contributed by atoms with E-state index in [-0.39, 0.29) is 17.3 Å². The summed E-state index contributed by atoms with van der Waals surface area (Å²) in [6.07, 6.45) is 1.48. The lowest BCUT2D eigenvalue weighted by atomic mass is 10.4. The highest BCUT2D eigenvalue weighted by molar-refractivity contribution is 7.89. The molecule has 0 aromatic carbocycles. The fourth-order valence-electron chi connectivity index (χ4n) is 3.20. The van der Waals surface area contributed by atoms with Crippen LogP contribution in [0.2, 0.25) is 4.34 Å². The van der Waals surface area contributed by atoms with E-state index in [9.17, 15) is 13.2 Å². The number of carbonyl (C=O) groups is 1. The van der Waals surface area contributed by atoms with Gasteiger partial charge < -0.3 is 4.90 Å². The number of hydrogen-bond acceptors (Lipinski definition) is 5. The summed E-state index contributed by atoms with van der Waals surface area (Å²) in [5, 5.41) is 4.36. The van der Waals surface area contributed by atoms with Gasteiger partial charge in [0.25, 0.3) is 0 Å². The second kappa shape index (κ2) is 10.1. The number of amides is 1. The van der Waals surface area contributed by atoms with E-state index < -0.39 is 10.0 Å². The predicted octanol–water partition coefficient (Wildman–Crippen LogP) is 3.68. The Morgan fingerprint density at radius 1 is 1.21 bits per heavy atom. The first-order chi connectivity index (χ1) is 13.6. The smallest absolute Gasteiger partial charge is 0.246 e. The Kier molecular flexibility index (Phi) is 8.28. The van der Waals surface area contributed by atoms with Gasteiger partial charge in [-0.15, -0.1) is 11.3 Å². The van der Waals surface area contributed by atoms with Crippen molar-refractivity contribution >= 4 is 38.9 Å². The number of rotatable bonds is 10. The van der Waals surface area contributed by atoms with Crippen molar-refractivity contribution < 1.29 is 13.2 Å². The van der Waals surface area contributed by atoms with Crippen LogP contribution in [-0.4, -0.2) is 53.4 Å². The minimum atomic E-state index is -3.66. The van der Waals surface area contributed by atoms with Gasteiger partial charge in [-0.05, 0) is 38.8 Å². The summed E-state index contributed by atoms with van der Waals surface area (Å²) in [7, 11) is -1.94. The molecular formula is C19H29ClN4O3S2. The van der Waals surface area contributed by atoms with Crippen LogP contribution in [0.1, 0.15) is 43.0 Å². The maximum atomic E-state index is 13.2. The van der Waals surface area contributed by atoms with Crippen LogP contribution in [0.5, 0.6) is 0 Å². The summed E-state index contributed by atoms with van der Waals surface area (Å²) in [5.74, 6) is -0.150. The number of aromatic nitrogens is 2. The average Bonchev–Trinajstić information content (AvgIpc) is 3.17. The van der Waals surface area contributed by atoms with Crippen LogP contribution in [0.4, 0.5) is 0 Å². The highest BCUT2D eigenvalue weighted by atomic mass is 35.5. The first kappa shape index (κ1) is 23.9. The Morgan fingerprint density at radius 3 is 2.34 bits per heavy atom. The molecule has 0 N–H and O–H groups in total. The van der Waals surface area contributed by atoms with Gasteiger partial charge in [0.15, 0.2) is 0 Å². The van der Waals surface area contributed by atoms with Gasteiger partial charge in [0, 0.05) is 25.0 Å². The normalized spacial score (nSPS) is 12.0. The molecule has 0 aliphatic heterocycles. The Labute approximate surface area is 182 Å². The summed E-state index contributed by atoms with van der Waals surface area (Å²) in [6, 6.07) is 3.69. The molecule has 0 spiro atoms. The van der Waals surface area contributed by atoms with Crippen molar-refractivity contribution in [3.05, 3.63) is 32.7 Å². The van der Waals surface area contributed by atoms with Crippen molar-refractivity contribution in [1.29, 1.82) is 0 Å². The molecule has 29 heavy (non-hydrogen) atoms. The van der Waals surface area contributed by atoms with Crippen molar-refractivity contribution in [2.24, 2.45) is 0 Å². The number of carbonyl (C=O) groups excluding carboxylic acids is 1. The van der Waals surface area contributed by atoms with Crippen LogP contribution >= 0.6 is 22.9 Å². The third-order valence-electron chi connectivity index (χ3n) is 4.59. The number of thiophene rings is 1. The monoisotopic (exact) mass is 460 g/mol. The molecule has 0 bridgehead atoms. The van der Waals surface area contributed by atoms with Crippen molar-refractivity contribution in [3.8, 4) is 0 Å². The van der Waals surface area contributed by atoms with Gasteiger partial charge in [-0.2, -0.15) is 9.40 Å². The first-order valence-corrected chi connectivity index (χ1v) is 12.3. The second-order valence-electron chi connectivity index (χ2n) is 7.02. The minimum Gasteiger partial charge on any atom is -0.339 e. The van der Waals surface area contributed by atoms with E-state index >= 15 is 0 Å². The van der Waals surface area contributed by atoms with Crippen molar-refractivity contribution in [3.63, 3.8) is 0 Å². The van der Waals surface area contributed by atoms with Gasteiger partial charge in [0.05, 0.1) is 22.3 Å². The maximum Gasteiger partial charge on any atom is 0.246 e. The molecule has 7 nitrogen and oxygen atoms in total. The molecule has 0 saturated carbocycles. The molecular weight excluding hydrogens is 432 g/mol. The Hall–Kier alpha value is -1.42. The largest absolute Gasteiger partial charge is 0.339 e. The lowest BCUT2D eigenvalue weighted by molar-refractivity contribution is -0.131. The molecule has 0 aliphatic carbocycles. The number of sulfonamides is 1. The van der Waals surface area contributed by atoms with Gasteiger partial charge in [0.1, 0.15) is 11.4 Å². The van der Waals surface area contributed by atoms with Gasteiger partial charge in [-0.3, -0.25) is 9.48 Å². The molecule has 2 aromatic heterocycles. The third-order valence-corrected chi connectivity index (χ3v) is 7.96. The van der Waals surface area contributed by atoms with Gasteiger partial charge in [-0.25, -0.2) is 8.42 Å². The van der Waals surface area contributed by atoms with E-state index in [0.717, 1.165) is 17.7 Å². The van der Waals surface area contributed by atoms with Crippen LogP contribution in [0.3, 0.4) is 0 Å². The third kappa shape index (κ3) is 5.59. The standard InChI is InChI=1S/C19H29ClN4O3S2/c1-6-10-23(11-7-2)29(26,27)19-14(3)21-24(15(19)4)13-18(25)22(5)12-16-8-9-17(20)28-16/h8-9H,6-7,10-13H2,1-5H3. The molecule has 0 aliphatic rings. The number of aryl methyl sites for hydroxylation is 1. The average molecular weight is 461 g/mol. The van der Waals surface area contributed by atoms with E-state index in [2.05, 4.69) is 5.10 Å². The molecule has 2 rings (SSSR count). The summed E-state index contributed by atoms with van der Waals surface area (Å²) < 4.78 is 30.1. The van der Waals surface area contributed by atoms with E-state index in [1.807, 2.05) is 19.9 Å². The second-order valence-corrected chi connectivity index (χ2v) is 10.7. The van der Waals surface area contributed by atoms with Crippen molar-refractivity contribution in [1.82, 2.24) is 19.0 Å². The topological polar surface area (TPSA) is 75.5 Å². The van der Waals surface area contributed by atoms with Gasteiger partial charge in [0.2, 0.25) is 15.9 Å².